The fourth-order valence-corrected chi connectivity index (χ4v) is 2.37. The number of aliphatic hydroxyl groups is 1. The number of nitrogens with zero attached hydrogens (tertiary/aromatic N) is 1. The van der Waals surface area contributed by atoms with E-state index in [0.29, 0.717) is 12.3 Å². The first kappa shape index (κ1) is 9.83. The van der Waals surface area contributed by atoms with Crippen molar-refractivity contribution in [2.45, 2.75) is 6.04 Å². The topological polar surface area (TPSA) is 60.8 Å². The number of carbonyl (C=O) groups is 1. The van der Waals surface area contributed by atoms with Gasteiger partial charge >= 0.3 is 5.97 Å². The van der Waals surface area contributed by atoms with Crippen LogP contribution in [0.4, 0.5) is 0 Å². The second-order valence-corrected chi connectivity index (χ2v) is 3.84. The quantitative estimate of drug-likeness (QED) is 0.628. The minimum Gasteiger partial charge on any atom is -0.480 e. The van der Waals surface area contributed by atoms with Crippen LogP contribution in [-0.2, 0) is 4.79 Å². The highest BCUT2D eigenvalue weighted by Gasteiger charge is 2.27. The molecule has 0 amide bonds. The Balaban J connectivity index is 2.48. The van der Waals surface area contributed by atoms with Crippen LogP contribution in [0.15, 0.2) is 0 Å². The second-order valence-electron chi connectivity index (χ2n) is 2.69. The van der Waals surface area contributed by atoms with E-state index in [1.165, 1.54) is 0 Å². The van der Waals surface area contributed by atoms with Crippen LogP contribution < -0.4 is 0 Å². The summed E-state index contributed by atoms with van der Waals surface area (Å²) >= 11 is 1.66. The molecule has 0 radical (unpaired) electrons. The molecule has 0 saturated carbocycles. The molecular weight excluding hydrogens is 178 g/mol. The van der Waals surface area contributed by atoms with Crippen molar-refractivity contribution in [1.29, 1.82) is 0 Å². The third kappa shape index (κ3) is 2.36. The van der Waals surface area contributed by atoms with Crippen LogP contribution in [0, 0.1) is 0 Å². The largest absolute Gasteiger partial charge is 0.480 e. The predicted molar refractivity (Wildman–Crippen MR) is 47.4 cm³/mol. The van der Waals surface area contributed by atoms with Gasteiger partial charge in [-0.15, -0.1) is 0 Å². The van der Waals surface area contributed by atoms with Gasteiger partial charge in [-0.2, -0.15) is 11.8 Å². The number of β-amino-alcohol motifs (C(OH)–C–C–N with tert-alkyl or cyclic N) is 1. The van der Waals surface area contributed by atoms with Crippen LogP contribution >= 0.6 is 11.8 Å². The molecule has 0 aromatic rings. The van der Waals surface area contributed by atoms with Crippen molar-refractivity contribution in [2.24, 2.45) is 0 Å². The van der Waals surface area contributed by atoms with E-state index in [1.54, 1.807) is 11.8 Å². The molecule has 4 nitrogen and oxygen atoms in total. The van der Waals surface area contributed by atoms with Gasteiger partial charge in [-0.05, 0) is 0 Å². The Morgan fingerprint density at radius 3 is 3.00 bits per heavy atom. The van der Waals surface area contributed by atoms with Gasteiger partial charge in [0.05, 0.1) is 6.61 Å². The number of rotatable bonds is 3. The molecule has 1 atom stereocenters. The second kappa shape index (κ2) is 4.69. The van der Waals surface area contributed by atoms with Gasteiger partial charge < -0.3 is 10.2 Å². The number of carboxylic acid groups (broad SMARTS) is 1. The highest BCUT2D eigenvalue weighted by atomic mass is 32.2. The van der Waals surface area contributed by atoms with Crippen LogP contribution in [0.2, 0.25) is 0 Å². The molecule has 1 rings (SSSR count). The Bertz CT molecular complexity index is 163. The van der Waals surface area contributed by atoms with Crippen LogP contribution in [-0.4, -0.2) is 58.3 Å². The molecule has 1 saturated heterocycles. The molecule has 70 valence electrons. The monoisotopic (exact) mass is 191 g/mol. The summed E-state index contributed by atoms with van der Waals surface area (Å²) in [7, 11) is 0. The summed E-state index contributed by atoms with van der Waals surface area (Å²) in [6.45, 7) is 1.27. The lowest BCUT2D eigenvalue weighted by Crippen LogP contribution is -2.48. The van der Waals surface area contributed by atoms with E-state index in [4.69, 9.17) is 10.2 Å². The van der Waals surface area contributed by atoms with Gasteiger partial charge in [-0.3, -0.25) is 9.69 Å². The van der Waals surface area contributed by atoms with Crippen LogP contribution in [0.1, 0.15) is 0 Å². The number of carboxylic acids is 1. The smallest absolute Gasteiger partial charge is 0.321 e. The molecular formula is C7H13NO3S. The van der Waals surface area contributed by atoms with Gasteiger partial charge in [0.1, 0.15) is 6.04 Å². The zero-order chi connectivity index (χ0) is 8.97. The van der Waals surface area contributed by atoms with Gasteiger partial charge in [0.2, 0.25) is 0 Å². The normalized spacial score (nSPS) is 25.6. The molecule has 0 spiro atoms. The first-order valence-corrected chi connectivity index (χ1v) is 5.06. The molecule has 1 aliphatic rings. The Morgan fingerprint density at radius 1 is 1.67 bits per heavy atom. The fourth-order valence-electron chi connectivity index (χ4n) is 1.26. The van der Waals surface area contributed by atoms with E-state index in [-0.39, 0.29) is 6.61 Å². The summed E-state index contributed by atoms with van der Waals surface area (Å²) in [6, 6.07) is -0.407. The first-order chi connectivity index (χ1) is 5.75. The standard InChI is InChI=1S/C7H13NO3S/c9-3-1-8-2-4-12-5-6(8)7(10)11/h6,9H,1-5H2,(H,10,11). The number of thioether (sulfide) groups is 1. The average molecular weight is 191 g/mol. The molecule has 1 aliphatic heterocycles. The van der Waals surface area contributed by atoms with Crippen molar-refractivity contribution in [3.8, 4) is 0 Å². The van der Waals surface area contributed by atoms with Gasteiger partial charge in [0, 0.05) is 24.6 Å². The zero-order valence-corrected chi connectivity index (χ0v) is 7.59. The zero-order valence-electron chi connectivity index (χ0n) is 6.77. The molecule has 1 fully saturated rings. The van der Waals surface area contributed by atoms with Gasteiger partial charge in [-0.1, -0.05) is 0 Å². The summed E-state index contributed by atoms with van der Waals surface area (Å²) in [5.74, 6) is 0.815. The van der Waals surface area contributed by atoms with Crippen LogP contribution in [0.25, 0.3) is 0 Å². The maximum Gasteiger partial charge on any atom is 0.321 e. The number of aliphatic hydroxyl groups excluding tert-OH is 1. The summed E-state index contributed by atoms with van der Waals surface area (Å²) < 4.78 is 0. The molecule has 12 heavy (non-hydrogen) atoms. The molecule has 0 bridgehead atoms. The molecule has 0 aromatic carbocycles. The molecule has 0 aromatic heterocycles. The first-order valence-electron chi connectivity index (χ1n) is 3.91. The lowest BCUT2D eigenvalue weighted by Gasteiger charge is -2.31. The minimum atomic E-state index is -0.782. The predicted octanol–water partition coefficient (Wildman–Crippen LogP) is -0.519. The molecule has 1 heterocycles. The number of aliphatic carboxylic acids is 1. The Morgan fingerprint density at radius 2 is 2.42 bits per heavy atom. The van der Waals surface area contributed by atoms with Crippen molar-refractivity contribution in [2.75, 3.05) is 31.2 Å². The summed E-state index contributed by atoms with van der Waals surface area (Å²) in [4.78, 5) is 12.5. The molecule has 0 aliphatic carbocycles. The number of hydrogen-bond donors (Lipinski definition) is 2. The van der Waals surface area contributed by atoms with Gasteiger partial charge in [-0.25, -0.2) is 0 Å². The maximum atomic E-state index is 10.7. The Hall–Kier alpha value is -0.260. The number of hydrogen-bond acceptors (Lipinski definition) is 4. The van der Waals surface area contributed by atoms with Crippen molar-refractivity contribution >= 4 is 17.7 Å². The van der Waals surface area contributed by atoms with E-state index in [2.05, 4.69) is 0 Å². The minimum absolute atomic E-state index is 0.0362. The van der Waals surface area contributed by atoms with E-state index >= 15 is 0 Å². The Labute approximate surface area is 75.6 Å². The van der Waals surface area contributed by atoms with Crippen molar-refractivity contribution in [3.63, 3.8) is 0 Å². The van der Waals surface area contributed by atoms with Gasteiger partial charge in [0.15, 0.2) is 0 Å². The van der Waals surface area contributed by atoms with Crippen LogP contribution in [0.5, 0.6) is 0 Å². The highest BCUT2D eigenvalue weighted by molar-refractivity contribution is 7.99. The maximum absolute atomic E-state index is 10.7. The molecule has 1 unspecified atom stereocenters. The van der Waals surface area contributed by atoms with Crippen molar-refractivity contribution in [3.05, 3.63) is 0 Å². The lowest BCUT2D eigenvalue weighted by molar-refractivity contribution is -0.142. The molecule has 2 N–H and O–H groups in total. The summed E-state index contributed by atoms with van der Waals surface area (Å²) in [5, 5.41) is 17.5. The summed E-state index contributed by atoms with van der Waals surface area (Å²) in [6.07, 6.45) is 0. The van der Waals surface area contributed by atoms with E-state index < -0.39 is 12.0 Å². The van der Waals surface area contributed by atoms with Crippen molar-refractivity contribution in [1.82, 2.24) is 4.90 Å². The van der Waals surface area contributed by atoms with E-state index in [1.807, 2.05) is 4.90 Å². The lowest BCUT2D eigenvalue weighted by atomic mass is 10.3. The average Bonchev–Trinajstić information content (AvgIpc) is 2.05. The van der Waals surface area contributed by atoms with E-state index in [9.17, 15) is 4.79 Å². The summed E-state index contributed by atoms with van der Waals surface area (Å²) in [5.41, 5.74) is 0. The fraction of sp³-hybridized carbons (Fsp3) is 0.857. The van der Waals surface area contributed by atoms with E-state index in [0.717, 1.165) is 12.3 Å². The molecule has 5 heteroatoms. The third-order valence-corrected chi connectivity index (χ3v) is 2.93. The highest BCUT2D eigenvalue weighted by Crippen LogP contribution is 2.15. The van der Waals surface area contributed by atoms with Gasteiger partial charge in [0.25, 0.3) is 0 Å². The van der Waals surface area contributed by atoms with Crippen molar-refractivity contribution < 1.29 is 15.0 Å². The van der Waals surface area contributed by atoms with Crippen LogP contribution in [0.3, 0.4) is 0 Å². The Kier molecular flexibility index (Phi) is 3.84. The third-order valence-electron chi connectivity index (χ3n) is 1.91. The SMILES string of the molecule is O=C(O)C1CSCCN1CCO.